The first-order valence-electron chi connectivity index (χ1n) is 4.95. The molecule has 0 saturated heterocycles. The van der Waals surface area contributed by atoms with E-state index in [-0.39, 0.29) is 6.04 Å². The number of hydrogen-bond acceptors (Lipinski definition) is 2. The number of halogens is 2. The summed E-state index contributed by atoms with van der Waals surface area (Å²) in [5, 5.41) is 0.730. The highest BCUT2D eigenvalue weighted by molar-refractivity contribution is 9.10. The SMILES string of the molecule is CCN(C)C(CN)c1ccc(Cl)c(Br)c1. The number of hydrogen-bond donors (Lipinski definition) is 1. The van der Waals surface area contributed by atoms with E-state index in [1.165, 1.54) is 5.56 Å². The molecule has 1 aromatic carbocycles. The second-order valence-electron chi connectivity index (χ2n) is 3.50. The van der Waals surface area contributed by atoms with Gasteiger partial charge in [-0.2, -0.15) is 0 Å². The molecule has 0 saturated carbocycles. The smallest absolute Gasteiger partial charge is 0.0548 e. The molecule has 0 heterocycles. The maximum Gasteiger partial charge on any atom is 0.0548 e. The number of nitrogens with two attached hydrogens (primary N) is 1. The van der Waals surface area contributed by atoms with Crippen LogP contribution in [-0.2, 0) is 0 Å². The van der Waals surface area contributed by atoms with E-state index in [0.717, 1.165) is 16.0 Å². The lowest BCUT2D eigenvalue weighted by atomic mass is 10.1. The summed E-state index contributed by atoms with van der Waals surface area (Å²) < 4.78 is 0.921. The van der Waals surface area contributed by atoms with Crippen molar-refractivity contribution in [3.05, 3.63) is 33.3 Å². The molecule has 1 aromatic rings. The summed E-state index contributed by atoms with van der Waals surface area (Å²) in [7, 11) is 2.07. The Labute approximate surface area is 105 Å². The van der Waals surface area contributed by atoms with E-state index in [2.05, 4.69) is 34.8 Å². The van der Waals surface area contributed by atoms with Crippen LogP contribution in [0.2, 0.25) is 5.02 Å². The van der Waals surface area contributed by atoms with Crippen molar-refractivity contribution in [2.24, 2.45) is 5.73 Å². The first-order valence-corrected chi connectivity index (χ1v) is 6.12. The molecule has 0 spiro atoms. The Balaban J connectivity index is 2.97. The lowest BCUT2D eigenvalue weighted by Crippen LogP contribution is -2.30. The van der Waals surface area contributed by atoms with Crippen LogP contribution in [0.15, 0.2) is 22.7 Å². The minimum absolute atomic E-state index is 0.253. The molecule has 0 aliphatic carbocycles. The Hall–Kier alpha value is -0.0900. The normalized spacial score (nSPS) is 13.2. The fourth-order valence-corrected chi connectivity index (χ4v) is 2.02. The third kappa shape index (κ3) is 3.18. The number of rotatable bonds is 4. The predicted molar refractivity (Wildman–Crippen MR) is 69.3 cm³/mol. The van der Waals surface area contributed by atoms with Crippen LogP contribution in [0, 0.1) is 0 Å². The van der Waals surface area contributed by atoms with Crippen LogP contribution < -0.4 is 5.73 Å². The zero-order valence-electron chi connectivity index (χ0n) is 9.00. The molecule has 0 aliphatic heterocycles. The highest BCUT2D eigenvalue weighted by Gasteiger charge is 2.14. The maximum atomic E-state index is 5.95. The van der Waals surface area contributed by atoms with Gasteiger partial charge in [-0.25, -0.2) is 0 Å². The number of nitrogens with zero attached hydrogens (tertiary/aromatic N) is 1. The summed E-state index contributed by atoms with van der Waals surface area (Å²) >= 11 is 9.37. The Morgan fingerprint density at radius 1 is 1.53 bits per heavy atom. The van der Waals surface area contributed by atoms with Crippen LogP contribution in [0.3, 0.4) is 0 Å². The quantitative estimate of drug-likeness (QED) is 0.924. The molecule has 2 N–H and O–H groups in total. The highest BCUT2D eigenvalue weighted by atomic mass is 79.9. The molecule has 1 atom stereocenters. The van der Waals surface area contributed by atoms with Crippen molar-refractivity contribution >= 4 is 27.5 Å². The number of benzene rings is 1. The lowest BCUT2D eigenvalue weighted by molar-refractivity contribution is 0.263. The summed E-state index contributed by atoms with van der Waals surface area (Å²) in [4.78, 5) is 2.22. The monoisotopic (exact) mass is 290 g/mol. The van der Waals surface area contributed by atoms with Gasteiger partial charge in [0.15, 0.2) is 0 Å². The number of likely N-dealkylation sites (N-methyl/N-ethyl adjacent to an activating group) is 1. The van der Waals surface area contributed by atoms with Crippen LogP contribution in [0.1, 0.15) is 18.5 Å². The topological polar surface area (TPSA) is 29.3 Å². The zero-order chi connectivity index (χ0) is 11.4. The maximum absolute atomic E-state index is 5.95. The second-order valence-corrected chi connectivity index (χ2v) is 4.76. The van der Waals surface area contributed by atoms with E-state index in [0.29, 0.717) is 6.54 Å². The molecule has 15 heavy (non-hydrogen) atoms. The zero-order valence-corrected chi connectivity index (χ0v) is 11.3. The minimum Gasteiger partial charge on any atom is -0.329 e. The van der Waals surface area contributed by atoms with Crippen molar-refractivity contribution in [1.82, 2.24) is 4.90 Å². The molecule has 0 aromatic heterocycles. The molecule has 0 aliphatic rings. The van der Waals surface area contributed by atoms with Crippen molar-refractivity contribution in [3.63, 3.8) is 0 Å². The van der Waals surface area contributed by atoms with Crippen LogP contribution in [-0.4, -0.2) is 25.0 Å². The lowest BCUT2D eigenvalue weighted by Gasteiger charge is -2.26. The van der Waals surface area contributed by atoms with Crippen molar-refractivity contribution < 1.29 is 0 Å². The van der Waals surface area contributed by atoms with Gasteiger partial charge in [0, 0.05) is 17.1 Å². The fraction of sp³-hybridized carbons (Fsp3) is 0.455. The largest absolute Gasteiger partial charge is 0.329 e. The van der Waals surface area contributed by atoms with E-state index in [1.54, 1.807) is 0 Å². The predicted octanol–water partition coefficient (Wildman–Crippen LogP) is 3.05. The highest BCUT2D eigenvalue weighted by Crippen LogP contribution is 2.27. The van der Waals surface area contributed by atoms with Gasteiger partial charge in [0.1, 0.15) is 0 Å². The van der Waals surface area contributed by atoms with E-state index in [4.69, 9.17) is 17.3 Å². The summed E-state index contributed by atoms with van der Waals surface area (Å²) in [5.41, 5.74) is 6.97. The molecule has 0 fully saturated rings. The molecule has 0 bridgehead atoms. The average Bonchev–Trinajstić information content (AvgIpc) is 2.24. The summed E-state index contributed by atoms with van der Waals surface area (Å²) in [6.07, 6.45) is 0. The van der Waals surface area contributed by atoms with Gasteiger partial charge in [-0.3, -0.25) is 4.90 Å². The molecular weight excluding hydrogens is 275 g/mol. The van der Waals surface area contributed by atoms with Crippen LogP contribution >= 0.6 is 27.5 Å². The first-order chi connectivity index (χ1) is 7.10. The molecule has 1 rings (SSSR count). The molecule has 1 unspecified atom stereocenters. The third-order valence-corrected chi connectivity index (χ3v) is 3.80. The van der Waals surface area contributed by atoms with Gasteiger partial charge < -0.3 is 5.73 Å². The van der Waals surface area contributed by atoms with Gasteiger partial charge >= 0.3 is 0 Å². The average molecular weight is 292 g/mol. The molecule has 2 nitrogen and oxygen atoms in total. The third-order valence-electron chi connectivity index (χ3n) is 2.58. The van der Waals surface area contributed by atoms with Crippen molar-refractivity contribution in [3.8, 4) is 0 Å². The van der Waals surface area contributed by atoms with Gasteiger partial charge in [0.25, 0.3) is 0 Å². The van der Waals surface area contributed by atoms with Crippen LogP contribution in [0.4, 0.5) is 0 Å². The fourth-order valence-electron chi connectivity index (χ4n) is 1.51. The second kappa shape index (κ2) is 5.85. The minimum atomic E-state index is 0.253. The van der Waals surface area contributed by atoms with Gasteiger partial charge in [0.05, 0.1) is 5.02 Å². The standard InChI is InChI=1S/C11H16BrClN2/c1-3-15(2)11(7-14)8-4-5-10(13)9(12)6-8/h4-6,11H,3,7,14H2,1-2H3. The van der Waals surface area contributed by atoms with Crippen molar-refractivity contribution in [2.45, 2.75) is 13.0 Å². The van der Waals surface area contributed by atoms with Gasteiger partial charge in [-0.1, -0.05) is 24.6 Å². The van der Waals surface area contributed by atoms with Crippen molar-refractivity contribution in [2.75, 3.05) is 20.1 Å². The summed E-state index contributed by atoms with van der Waals surface area (Å²) in [6.45, 7) is 3.70. The Bertz CT molecular complexity index is 330. The van der Waals surface area contributed by atoms with E-state index < -0.39 is 0 Å². The Kier molecular flexibility index (Phi) is 5.06. The molecule has 0 radical (unpaired) electrons. The van der Waals surface area contributed by atoms with E-state index in [9.17, 15) is 0 Å². The Morgan fingerprint density at radius 3 is 2.67 bits per heavy atom. The molecule has 4 heteroatoms. The molecular formula is C11H16BrClN2. The van der Waals surface area contributed by atoms with Crippen LogP contribution in [0.5, 0.6) is 0 Å². The summed E-state index contributed by atoms with van der Waals surface area (Å²) in [5.74, 6) is 0. The van der Waals surface area contributed by atoms with E-state index >= 15 is 0 Å². The van der Waals surface area contributed by atoms with Crippen molar-refractivity contribution in [1.29, 1.82) is 0 Å². The van der Waals surface area contributed by atoms with E-state index in [1.807, 2.05) is 18.2 Å². The molecule has 84 valence electrons. The first kappa shape index (κ1) is 13.0. The van der Waals surface area contributed by atoms with Crippen LogP contribution in [0.25, 0.3) is 0 Å². The van der Waals surface area contributed by atoms with Gasteiger partial charge in [-0.15, -0.1) is 0 Å². The van der Waals surface area contributed by atoms with Gasteiger partial charge in [0.2, 0.25) is 0 Å². The summed E-state index contributed by atoms with van der Waals surface area (Å²) in [6, 6.07) is 6.21. The van der Waals surface area contributed by atoms with Gasteiger partial charge in [-0.05, 0) is 47.2 Å². The Morgan fingerprint density at radius 2 is 2.20 bits per heavy atom. The molecule has 0 amide bonds.